The second kappa shape index (κ2) is 8.26. The minimum Gasteiger partial charge on any atom is -0.356 e. The first-order chi connectivity index (χ1) is 15.7. The molecule has 5 heterocycles. The van der Waals surface area contributed by atoms with Crippen molar-refractivity contribution in [2.75, 3.05) is 39.3 Å². The van der Waals surface area contributed by atoms with E-state index in [0.29, 0.717) is 6.54 Å². The van der Waals surface area contributed by atoms with Crippen LogP contribution < -0.4 is 0 Å². The van der Waals surface area contributed by atoms with Crippen molar-refractivity contribution in [3.05, 3.63) is 42.2 Å². The van der Waals surface area contributed by atoms with E-state index in [4.69, 9.17) is 4.98 Å². The van der Waals surface area contributed by atoms with Gasteiger partial charge in [0.05, 0.1) is 17.6 Å². The van der Waals surface area contributed by atoms with E-state index in [0.717, 1.165) is 73.9 Å². The van der Waals surface area contributed by atoms with Crippen molar-refractivity contribution in [2.24, 2.45) is 0 Å². The largest absolute Gasteiger partial charge is 0.356 e. The smallest absolute Gasteiger partial charge is 0.236 e. The van der Waals surface area contributed by atoms with Gasteiger partial charge >= 0.3 is 0 Å². The highest BCUT2D eigenvalue weighted by Crippen LogP contribution is 2.29. The number of hydrogen-bond acceptors (Lipinski definition) is 6. The summed E-state index contributed by atoms with van der Waals surface area (Å²) in [5.41, 5.74) is 6.51. The van der Waals surface area contributed by atoms with Crippen molar-refractivity contribution in [2.45, 2.75) is 38.3 Å². The molecule has 3 aliphatic rings. The summed E-state index contributed by atoms with van der Waals surface area (Å²) in [6.45, 7) is 5.96. The number of carbonyl (C=O) groups is 1. The molecular formula is C24H29N7O. The van der Waals surface area contributed by atoms with Gasteiger partial charge in [-0.25, -0.2) is 9.97 Å². The Morgan fingerprint density at radius 2 is 1.84 bits per heavy atom. The van der Waals surface area contributed by atoms with Gasteiger partial charge in [0.1, 0.15) is 6.33 Å². The van der Waals surface area contributed by atoms with E-state index in [1.165, 1.54) is 36.8 Å². The maximum Gasteiger partial charge on any atom is 0.236 e. The Hall–Kier alpha value is -2.84. The van der Waals surface area contributed by atoms with Crippen LogP contribution in [0.5, 0.6) is 0 Å². The summed E-state index contributed by atoms with van der Waals surface area (Å²) in [7, 11) is 0. The van der Waals surface area contributed by atoms with Crippen LogP contribution in [0.25, 0.3) is 22.2 Å². The lowest BCUT2D eigenvalue weighted by Gasteiger charge is -2.43. The van der Waals surface area contributed by atoms with E-state index in [1.807, 2.05) is 6.20 Å². The Balaban J connectivity index is 1.11. The average molecular weight is 432 g/mol. The molecule has 6 rings (SSSR count). The fraction of sp³-hybridized carbons (Fsp3) is 0.500. The minimum absolute atomic E-state index is 0.266. The monoisotopic (exact) mass is 431 g/mol. The van der Waals surface area contributed by atoms with Gasteiger partial charge in [-0.3, -0.25) is 19.6 Å². The lowest BCUT2D eigenvalue weighted by Crippen LogP contribution is -2.55. The first kappa shape index (κ1) is 19.8. The quantitative estimate of drug-likeness (QED) is 0.681. The molecule has 1 amide bonds. The van der Waals surface area contributed by atoms with Crippen molar-refractivity contribution in [1.82, 2.24) is 34.6 Å². The van der Waals surface area contributed by atoms with Crippen LogP contribution in [0.3, 0.4) is 0 Å². The van der Waals surface area contributed by atoms with Crippen molar-refractivity contribution < 1.29 is 4.79 Å². The maximum atomic E-state index is 12.9. The van der Waals surface area contributed by atoms with Gasteiger partial charge in [-0.15, -0.1) is 0 Å². The molecule has 3 aromatic heterocycles. The number of H-pyrrole nitrogens is 1. The number of rotatable bonds is 4. The summed E-state index contributed by atoms with van der Waals surface area (Å²) in [5.74, 6) is 0.266. The Kier molecular flexibility index (Phi) is 5.11. The second-order valence-electron chi connectivity index (χ2n) is 9.29. The SMILES string of the molecule is O=C(CN1CCc2c([nH]c3cc(-c4cncnc4)cnc23)C1)N1CCN(C2CCC2)CC1. The molecule has 8 nitrogen and oxygen atoms in total. The van der Waals surface area contributed by atoms with E-state index in [1.54, 1.807) is 12.4 Å². The van der Waals surface area contributed by atoms with Crippen LogP contribution in [0, 0.1) is 0 Å². The maximum absolute atomic E-state index is 12.9. The number of nitrogens with one attached hydrogen (secondary N) is 1. The average Bonchev–Trinajstić information content (AvgIpc) is 3.16. The molecule has 166 valence electrons. The number of hydrogen-bond donors (Lipinski definition) is 1. The molecule has 1 saturated carbocycles. The third kappa shape index (κ3) is 3.67. The summed E-state index contributed by atoms with van der Waals surface area (Å²) >= 11 is 0. The molecule has 32 heavy (non-hydrogen) atoms. The molecule has 0 spiro atoms. The van der Waals surface area contributed by atoms with E-state index in [9.17, 15) is 4.79 Å². The second-order valence-corrected chi connectivity index (χ2v) is 9.29. The number of fused-ring (bicyclic) bond motifs is 3. The summed E-state index contributed by atoms with van der Waals surface area (Å²) in [4.78, 5) is 36.4. The van der Waals surface area contributed by atoms with Crippen LogP contribution >= 0.6 is 0 Å². The zero-order valence-corrected chi connectivity index (χ0v) is 18.3. The van der Waals surface area contributed by atoms with Crippen LogP contribution in [0.4, 0.5) is 0 Å². The summed E-state index contributed by atoms with van der Waals surface area (Å²) < 4.78 is 0. The lowest BCUT2D eigenvalue weighted by molar-refractivity contribution is -0.135. The van der Waals surface area contributed by atoms with Crippen molar-refractivity contribution >= 4 is 16.9 Å². The highest BCUT2D eigenvalue weighted by molar-refractivity contribution is 5.85. The van der Waals surface area contributed by atoms with Crippen LogP contribution in [0.2, 0.25) is 0 Å². The highest BCUT2D eigenvalue weighted by Gasteiger charge is 2.30. The number of aromatic amines is 1. The molecule has 0 unspecified atom stereocenters. The first-order valence-electron chi connectivity index (χ1n) is 11.7. The molecule has 2 fully saturated rings. The lowest BCUT2D eigenvalue weighted by atomic mass is 9.91. The predicted molar refractivity (Wildman–Crippen MR) is 122 cm³/mol. The summed E-state index contributed by atoms with van der Waals surface area (Å²) in [6, 6.07) is 2.90. The van der Waals surface area contributed by atoms with Crippen LogP contribution in [-0.2, 0) is 17.8 Å². The van der Waals surface area contributed by atoms with Gasteiger partial charge < -0.3 is 9.88 Å². The summed E-state index contributed by atoms with van der Waals surface area (Å²) in [6.07, 6.45) is 12.0. The summed E-state index contributed by atoms with van der Waals surface area (Å²) in [5, 5.41) is 0. The van der Waals surface area contributed by atoms with Crippen LogP contribution in [-0.4, -0.2) is 85.9 Å². The van der Waals surface area contributed by atoms with Crippen LogP contribution in [0.15, 0.2) is 31.0 Å². The zero-order valence-electron chi connectivity index (χ0n) is 18.3. The van der Waals surface area contributed by atoms with E-state index < -0.39 is 0 Å². The van der Waals surface area contributed by atoms with Crippen LogP contribution in [0.1, 0.15) is 30.5 Å². The molecule has 1 N–H and O–H groups in total. The molecule has 0 radical (unpaired) electrons. The van der Waals surface area contributed by atoms with Gasteiger partial charge in [-0.05, 0) is 25.3 Å². The van der Waals surface area contributed by atoms with E-state index in [-0.39, 0.29) is 5.91 Å². The van der Waals surface area contributed by atoms with Crippen molar-refractivity contribution in [3.63, 3.8) is 0 Å². The molecule has 0 atom stereocenters. The molecule has 0 bridgehead atoms. The molecule has 8 heteroatoms. The molecule has 1 aliphatic carbocycles. The molecule has 2 aliphatic heterocycles. The normalized spacial score (nSPS) is 20.3. The Morgan fingerprint density at radius 3 is 2.59 bits per heavy atom. The first-order valence-corrected chi connectivity index (χ1v) is 11.7. The fourth-order valence-corrected chi connectivity index (χ4v) is 5.28. The number of piperazine rings is 1. The predicted octanol–water partition coefficient (Wildman–Crippen LogP) is 2.07. The third-order valence-corrected chi connectivity index (χ3v) is 7.39. The zero-order chi connectivity index (χ0) is 21.5. The van der Waals surface area contributed by atoms with Gasteiger partial charge in [0, 0.05) is 86.3 Å². The van der Waals surface area contributed by atoms with E-state index in [2.05, 4.69) is 35.7 Å². The molecule has 3 aromatic rings. The molecular weight excluding hydrogens is 402 g/mol. The number of nitrogens with zero attached hydrogens (tertiary/aromatic N) is 6. The van der Waals surface area contributed by atoms with Gasteiger partial charge in [-0.2, -0.15) is 0 Å². The highest BCUT2D eigenvalue weighted by atomic mass is 16.2. The van der Waals surface area contributed by atoms with Gasteiger partial charge in [-0.1, -0.05) is 6.42 Å². The molecule has 1 saturated heterocycles. The van der Waals surface area contributed by atoms with Gasteiger partial charge in [0.15, 0.2) is 0 Å². The Bertz CT molecular complexity index is 1120. The Labute approximate surface area is 187 Å². The minimum atomic E-state index is 0.266. The van der Waals surface area contributed by atoms with Gasteiger partial charge in [0.25, 0.3) is 0 Å². The number of pyridine rings is 1. The van der Waals surface area contributed by atoms with E-state index >= 15 is 0 Å². The number of carbonyl (C=O) groups excluding carboxylic acids is 1. The van der Waals surface area contributed by atoms with Crippen molar-refractivity contribution in [1.29, 1.82) is 0 Å². The number of aromatic nitrogens is 4. The third-order valence-electron chi connectivity index (χ3n) is 7.39. The number of amides is 1. The standard InChI is InChI=1S/C24H29N7O/c32-23(31-8-6-30(7-9-31)19-2-1-3-19)15-29-5-4-20-22(14-29)28-21-10-17(13-27-24(20)21)18-11-25-16-26-12-18/h10-13,16,19,28H,1-9,14-15H2. The topological polar surface area (TPSA) is 81.2 Å². The van der Waals surface area contributed by atoms with Crippen molar-refractivity contribution in [3.8, 4) is 11.1 Å². The Morgan fingerprint density at radius 1 is 1.03 bits per heavy atom. The van der Waals surface area contributed by atoms with Gasteiger partial charge in [0.2, 0.25) is 5.91 Å². The molecule has 0 aromatic carbocycles. The fourth-order valence-electron chi connectivity index (χ4n) is 5.28.